The number of Topliss-reactive ketones (excluding diaryl/α,β-unsaturated/α-hetero) is 1. The zero-order chi connectivity index (χ0) is 61.4. The molecule has 5 saturated carbocycles. The van der Waals surface area contributed by atoms with Crippen LogP contribution in [0.3, 0.4) is 0 Å². The fraction of sp³-hybridized carbons (Fsp3) is 0.734. The summed E-state index contributed by atoms with van der Waals surface area (Å²) in [5, 5.41) is 25.8. The molecule has 0 aromatic heterocycles. The Morgan fingerprint density at radius 3 is 2.15 bits per heavy atom. The maximum atomic E-state index is 14.9. The van der Waals surface area contributed by atoms with Crippen LogP contribution in [0.4, 0.5) is 15.3 Å². The van der Waals surface area contributed by atoms with E-state index in [0.29, 0.717) is 82.8 Å². The fourth-order valence-electron chi connectivity index (χ4n) is 15.1. The van der Waals surface area contributed by atoms with Crippen molar-refractivity contribution in [2.45, 2.75) is 167 Å². The molecule has 1 aromatic carbocycles. The number of aliphatic hydroxyl groups excluding tert-OH is 1. The molecule has 22 nitrogen and oxygen atoms in total. The lowest BCUT2D eigenvalue weighted by atomic mass is 9.46. The van der Waals surface area contributed by atoms with Gasteiger partial charge in [-0.05, 0) is 130 Å². The molecule has 4 unspecified atom stereocenters. The lowest BCUT2D eigenvalue weighted by Crippen LogP contribution is -2.63. The number of carbonyl (C=O) groups excluding carboxylic acids is 7. The van der Waals surface area contributed by atoms with Crippen molar-refractivity contribution in [2.75, 3.05) is 84.5 Å². The molecular formula is C64H96N6O16. The van der Waals surface area contributed by atoms with Gasteiger partial charge in [0.15, 0.2) is 17.7 Å². The third-order valence-electron chi connectivity index (χ3n) is 19.4. The van der Waals surface area contributed by atoms with Gasteiger partial charge < -0.3 is 75.3 Å². The standard InChI is InChI=1S/C64H96N6O16/c1-6-12-55-85-53-36-49-47-21-16-41-35-43(71)22-24-62(41,4)56(47)51(72)37-63(49,5)64(53,86-55)52(73)39-83-44-19-17-42(18-20-44)68-58(75)50(15-11-25-66-60(65)77)69-59(76)57(40(2)3)70-54(74)23-27-79-29-31-81-33-34-82-32-30-80-28-26-67-61(78)84-38-48-45-13-9-7-8-10-14-46(45)48/h17-20,22,24,35,40,45-51,53,55-57,72H,6-16,21,23,25-34,36-39H2,1-5H3,(H,67,78)(H,68,75)(H,69,76)(H,70,74)(H3,65,66,77)/t45?,46?,47-,48?,49-,50-,51-,53+,55?,56?,57-,62-,63-,64+/m0/s1. The average Bonchev–Trinajstić information content (AvgIpc) is 1.48. The number of primary amides is 1. The van der Waals surface area contributed by atoms with Crippen LogP contribution in [0.25, 0.3) is 0 Å². The third kappa shape index (κ3) is 16.4. The lowest BCUT2D eigenvalue weighted by Gasteiger charge is -2.59. The molecule has 8 rings (SSSR count). The van der Waals surface area contributed by atoms with Gasteiger partial charge in [-0.25, -0.2) is 9.59 Å². The number of amides is 6. The number of ketones is 2. The number of nitrogens with one attached hydrogen (secondary N) is 5. The van der Waals surface area contributed by atoms with E-state index in [-0.39, 0.29) is 87.5 Å². The summed E-state index contributed by atoms with van der Waals surface area (Å²) in [5.41, 5.74) is 4.12. The molecule has 6 amide bonds. The average molecular weight is 1210 g/mol. The Bertz CT molecular complexity index is 2530. The summed E-state index contributed by atoms with van der Waals surface area (Å²) in [5.74, 6) is 0.110. The topological polar surface area (TPSA) is 300 Å². The Morgan fingerprint density at radius 2 is 1.49 bits per heavy atom. The molecule has 0 spiro atoms. The lowest BCUT2D eigenvalue weighted by molar-refractivity contribution is -0.200. The highest BCUT2D eigenvalue weighted by molar-refractivity contribution is 6.01. The van der Waals surface area contributed by atoms with Gasteiger partial charge in [-0.2, -0.15) is 0 Å². The molecular weight excluding hydrogens is 1110 g/mol. The first-order chi connectivity index (χ1) is 41.4. The molecule has 1 saturated heterocycles. The number of ether oxygens (including phenoxy) is 8. The number of carbonyl (C=O) groups is 7. The van der Waals surface area contributed by atoms with Crippen LogP contribution in [0, 0.1) is 52.3 Å². The number of alkyl carbamates (subject to hydrolysis) is 1. The predicted octanol–water partition coefficient (Wildman–Crippen LogP) is 6.22. The second-order valence-corrected chi connectivity index (χ2v) is 25.4. The molecule has 478 valence electrons. The number of rotatable bonds is 33. The van der Waals surface area contributed by atoms with Gasteiger partial charge in [0.05, 0.1) is 71.7 Å². The summed E-state index contributed by atoms with van der Waals surface area (Å²) < 4.78 is 47.3. The normalized spacial score (nSPS) is 30.3. The van der Waals surface area contributed by atoms with Crippen LogP contribution in [0.2, 0.25) is 0 Å². The third-order valence-corrected chi connectivity index (χ3v) is 19.4. The van der Waals surface area contributed by atoms with Crippen molar-refractivity contribution in [3.63, 3.8) is 0 Å². The summed E-state index contributed by atoms with van der Waals surface area (Å²) in [6, 6.07) is 3.69. The van der Waals surface area contributed by atoms with Crippen molar-refractivity contribution in [3.8, 4) is 5.75 Å². The highest BCUT2D eigenvalue weighted by Gasteiger charge is 2.76. The zero-order valence-corrected chi connectivity index (χ0v) is 51.2. The monoisotopic (exact) mass is 1200 g/mol. The number of aliphatic hydroxyl groups is 1. The Hall–Kier alpha value is -5.49. The minimum atomic E-state index is -1.36. The molecule has 22 heteroatoms. The van der Waals surface area contributed by atoms with E-state index in [9.17, 15) is 38.7 Å². The van der Waals surface area contributed by atoms with Gasteiger partial charge >= 0.3 is 12.1 Å². The Morgan fingerprint density at radius 1 is 0.814 bits per heavy atom. The smallest absolute Gasteiger partial charge is 0.407 e. The van der Waals surface area contributed by atoms with E-state index in [0.717, 1.165) is 36.7 Å². The van der Waals surface area contributed by atoms with E-state index in [4.69, 9.17) is 43.6 Å². The fourth-order valence-corrected chi connectivity index (χ4v) is 15.1. The van der Waals surface area contributed by atoms with Crippen molar-refractivity contribution in [3.05, 3.63) is 48.1 Å². The van der Waals surface area contributed by atoms with Crippen LogP contribution < -0.4 is 37.1 Å². The molecule has 1 aliphatic heterocycles. The van der Waals surface area contributed by atoms with Crippen LogP contribution in [-0.4, -0.2) is 162 Å². The molecule has 6 aliphatic carbocycles. The van der Waals surface area contributed by atoms with E-state index in [1.807, 2.05) is 13.0 Å². The molecule has 1 aromatic rings. The van der Waals surface area contributed by atoms with Crippen molar-refractivity contribution in [2.24, 2.45) is 58.0 Å². The largest absolute Gasteiger partial charge is 0.486 e. The van der Waals surface area contributed by atoms with Gasteiger partial charge in [0, 0.05) is 41.9 Å². The molecule has 0 bridgehead atoms. The summed E-state index contributed by atoms with van der Waals surface area (Å²) >= 11 is 0. The van der Waals surface area contributed by atoms with Crippen LogP contribution in [0.15, 0.2) is 48.1 Å². The number of benzene rings is 1. The van der Waals surface area contributed by atoms with Gasteiger partial charge in [-0.15, -0.1) is 0 Å². The van der Waals surface area contributed by atoms with Crippen LogP contribution in [-0.2, 0) is 57.1 Å². The molecule has 86 heavy (non-hydrogen) atoms. The molecule has 7 aliphatic rings. The van der Waals surface area contributed by atoms with Gasteiger partial charge in [-0.1, -0.05) is 78.4 Å². The number of anilines is 1. The van der Waals surface area contributed by atoms with Gasteiger partial charge in [0.25, 0.3) is 0 Å². The van der Waals surface area contributed by atoms with Crippen molar-refractivity contribution < 1.29 is 76.6 Å². The zero-order valence-electron chi connectivity index (χ0n) is 51.2. The van der Waals surface area contributed by atoms with Gasteiger partial charge in [0.2, 0.25) is 23.5 Å². The number of urea groups is 1. The molecule has 1 heterocycles. The first-order valence-electron chi connectivity index (χ1n) is 31.8. The molecule has 8 N–H and O–H groups in total. The van der Waals surface area contributed by atoms with E-state index in [1.165, 1.54) is 38.5 Å². The Labute approximate surface area is 506 Å². The number of hydrogen-bond donors (Lipinski definition) is 7. The highest BCUT2D eigenvalue weighted by atomic mass is 16.7. The van der Waals surface area contributed by atoms with Crippen molar-refractivity contribution in [1.82, 2.24) is 21.3 Å². The first kappa shape index (κ1) is 66.5. The van der Waals surface area contributed by atoms with Gasteiger partial charge in [-0.3, -0.25) is 24.0 Å². The summed E-state index contributed by atoms with van der Waals surface area (Å²) in [6.07, 6.45) is 15.0. The second kappa shape index (κ2) is 31.1. The Kier molecular flexibility index (Phi) is 24.0. The number of hydrogen-bond acceptors (Lipinski definition) is 16. The minimum Gasteiger partial charge on any atom is -0.486 e. The van der Waals surface area contributed by atoms with Crippen LogP contribution >= 0.6 is 0 Å². The Balaban J connectivity index is 0.732. The molecule has 13 atom stereocenters. The van der Waals surface area contributed by atoms with E-state index in [1.54, 1.807) is 50.3 Å². The maximum absolute atomic E-state index is 14.9. The number of allylic oxidation sites excluding steroid dienone is 4. The minimum absolute atomic E-state index is 0.0130. The van der Waals surface area contributed by atoms with Gasteiger partial charge in [0.1, 0.15) is 24.4 Å². The van der Waals surface area contributed by atoms with Crippen molar-refractivity contribution in [1.29, 1.82) is 0 Å². The summed E-state index contributed by atoms with van der Waals surface area (Å²) in [7, 11) is 0. The van der Waals surface area contributed by atoms with Crippen LogP contribution in [0.5, 0.6) is 5.75 Å². The summed E-state index contributed by atoms with van der Waals surface area (Å²) in [4.78, 5) is 91.5. The number of nitrogens with two attached hydrogens (primary N) is 1. The SMILES string of the molecule is CCCC1O[C@@H]2C[C@H]3[C@@H]4CCC5=CC(=O)C=C[C@]5(C)C4[C@@H](O)C[C@]3(C)[C@]2(C(=O)COc2ccc(NC(=O)[C@H](CCCNC(N)=O)NC(=O)[C@@H](NC(=O)CCOCCOCCOCCOCCNC(=O)OCC3C4CCCCCCC43)C(C)C)cc2)O1. The summed E-state index contributed by atoms with van der Waals surface area (Å²) in [6.45, 7) is 12.9. The maximum Gasteiger partial charge on any atom is 0.407 e. The van der Waals surface area contributed by atoms with Crippen molar-refractivity contribution >= 4 is 47.1 Å². The number of fused-ring (bicyclic) bond motifs is 8. The van der Waals surface area contributed by atoms with Crippen LogP contribution in [0.1, 0.15) is 131 Å². The van der Waals surface area contributed by atoms with E-state index in [2.05, 4.69) is 40.4 Å². The first-order valence-corrected chi connectivity index (χ1v) is 31.8. The predicted molar refractivity (Wildman–Crippen MR) is 317 cm³/mol. The molecule has 6 fully saturated rings. The van der Waals surface area contributed by atoms with E-state index < -0.39 is 76.9 Å². The highest BCUT2D eigenvalue weighted by Crippen LogP contribution is 2.70. The molecule has 0 radical (unpaired) electrons. The van der Waals surface area contributed by atoms with E-state index >= 15 is 0 Å². The second-order valence-electron chi connectivity index (χ2n) is 25.4. The quantitative estimate of drug-likeness (QED) is 0.0385.